The Bertz CT molecular complexity index is 1340. The predicted octanol–water partition coefficient (Wildman–Crippen LogP) is 3.15. The highest BCUT2D eigenvalue weighted by Crippen LogP contribution is 2.33. The first-order valence-electron chi connectivity index (χ1n) is 9.93. The highest BCUT2D eigenvalue weighted by atomic mass is 32.2. The molecule has 0 saturated carbocycles. The Balaban J connectivity index is 1.62. The number of sulfone groups is 1. The van der Waals surface area contributed by atoms with Gasteiger partial charge in [-0.05, 0) is 47.2 Å². The van der Waals surface area contributed by atoms with Gasteiger partial charge in [0, 0.05) is 25.7 Å². The molecule has 0 spiro atoms. The number of amides is 1. The molecule has 32 heavy (non-hydrogen) atoms. The van der Waals surface area contributed by atoms with E-state index in [0.717, 1.165) is 16.9 Å². The molecule has 1 atom stereocenters. The van der Waals surface area contributed by atoms with Crippen molar-refractivity contribution in [2.24, 2.45) is 0 Å². The van der Waals surface area contributed by atoms with Crippen LogP contribution in [0.1, 0.15) is 23.3 Å². The van der Waals surface area contributed by atoms with Crippen LogP contribution in [0.5, 0.6) is 0 Å². The first-order valence-corrected chi connectivity index (χ1v) is 13.8. The fraction of sp³-hybridized carbons (Fsp3) is 0.227. The number of fused-ring (bicyclic) bond motifs is 1. The SMILES string of the molecule is CC(=O)N1CCc2cc(S(=O)(=O)NC[C@@H](c3ccccc3)S(=O)(=O)c3cccs3)ccc21. The van der Waals surface area contributed by atoms with Gasteiger partial charge in [0.15, 0.2) is 9.84 Å². The smallest absolute Gasteiger partial charge is 0.240 e. The van der Waals surface area contributed by atoms with Crippen molar-refractivity contribution >= 4 is 42.8 Å². The molecule has 1 aliphatic rings. The predicted molar refractivity (Wildman–Crippen MR) is 124 cm³/mol. The highest BCUT2D eigenvalue weighted by molar-refractivity contribution is 7.93. The third-order valence-electron chi connectivity index (χ3n) is 5.42. The summed E-state index contributed by atoms with van der Waals surface area (Å²) in [5.74, 6) is -0.0954. The third-order valence-corrected chi connectivity index (χ3v) is 10.4. The summed E-state index contributed by atoms with van der Waals surface area (Å²) < 4.78 is 55.2. The molecular weight excluding hydrogens is 468 g/mol. The third kappa shape index (κ3) is 4.36. The standard InChI is InChI=1S/C22H22N2O5S3/c1-16(25)24-12-11-18-14-19(9-10-20(18)24)32(28,29)23-15-21(17-6-3-2-4-7-17)31(26,27)22-8-5-13-30-22/h2-10,13-14,21,23H,11-12,15H2,1H3/t21-/m0/s1. The molecular formula is C22H22N2O5S3. The van der Waals surface area contributed by atoms with E-state index in [4.69, 9.17) is 0 Å². The Morgan fingerprint density at radius 1 is 1.06 bits per heavy atom. The Hall–Kier alpha value is -2.53. The molecule has 0 unspecified atom stereocenters. The Labute approximate surface area is 191 Å². The van der Waals surface area contributed by atoms with Gasteiger partial charge in [-0.2, -0.15) is 0 Å². The molecule has 2 heterocycles. The van der Waals surface area contributed by atoms with Crippen LogP contribution in [-0.2, 0) is 31.1 Å². The average Bonchev–Trinajstić information content (AvgIpc) is 3.44. The van der Waals surface area contributed by atoms with E-state index < -0.39 is 25.1 Å². The van der Waals surface area contributed by atoms with Crippen molar-refractivity contribution in [1.82, 2.24) is 4.72 Å². The van der Waals surface area contributed by atoms with Gasteiger partial charge in [0.05, 0.1) is 4.90 Å². The normalized spacial score (nSPS) is 14.8. The molecule has 1 amide bonds. The van der Waals surface area contributed by atoms with Gasteiger partial charge in [0.1, 0.15) is 9.46 Å². The van der Waals surface area contributed by atoms with Crippen molar-refractivity contribution < 1.29 is 21.6 Å². The molecule has 4 rings (SSSR count). The van der Waals surface area contributed by atoms with Crippen molar-refractivity contribution in [3.63, 3.8) is 0 Å². The van der Waals surface area contributed by atoms with E-state index in [0.29, 0.717) is 24.2 Å². The number of carbonyl (C=O) groups excluding carboxylic acids is 1. The lowest BCUT2D eigenvalue weighted by Gasteiger charge is -2.19. The van der Waals surface area contributed by atoms with E-state index in [1.165, 1.54) is 19.1 Å². The van der Waals surface area contributed by atoms with E-state index in [1.807, 2.05) is 0 Å². The summed E-state index contributed by atoms with van der Waals surface area (Å²) in [6.45, 7) is 1.68. The zero-order chi connectivity index (χ0) is 22.9. The van der Waals surface area contributed by atoms with E-state index in [2.05, 4.69) is 4.72 Å². The second kappa shape index (κ2) is 8.78. The van der Waals surface area contributed by atoms with Gasteiger partial charge in [0.25, 0.3) is 0 Å². The number of hydrogen-bond donors (Lipinski definition) is 1. The Morgan fingerprint density at radius 3 is 2.47 bits per heavy atom. The van der Waals surface area contributed by atoms with Crippen LogP contribution in [0, 0.1) is 0 Å². The van der Waals surface area contributed by atoms with Gasteiger partial charge >= 0.3 is 0 Å². The zero-order valence-electron chi connectivity index (χ0n) is 17.3. The van der Waals surface area contributed by atoms with Crippen molar-refractivity contribution in [1.29, 1.82) is 0 Å². The number of benzene rings is 2. The van der Waals surface area contributed by atoms with Gasteiger partial charge in [-0.3, -0.25) is 4.79 Å². The zero-order valence-corrected chi connectivity index (χ0v) is 19.7. The lowest BCUT2D eigenvalue weighted by molar-refractivity contribution is -0.116. The summed E-state index contributed by atoms with van der Waals surface area (Å²) in [6, 6.07) is 16.4. The number of thiophene rings is 1. The molecule has 168 valence electrons. The average molecular weight is 491 g/mol. The first kappa shape index (κ1) is 22.7. The molecule has 2 aromatic carbocycles. The molecule has 1 N–H and O–H groups in total. The summed E-state index contributed by atoms with van der Waals surface area (Å²) in [7, 11) is -7.76. The summed E-state index contributed by atoms with van der Waals surface area (Å²) in [6.07, 6.45) is 0.567. The van der Waals surface area contributed by atoms with Crippen LogP contribution in [0.25, 0.3) is 0 Å². The molecule has 10 heteroatoms. The fourth-order valence-electron chi connectivity index (χ4n) is 3.78. The maximum atomic E-state index is 13.2. The van der Waals surface area contributed by atoms with Crippen LogP contribution in [0.15, 0.2) is 75.1 Å². The second-order valence-corrected chi connectivity index (χ2v) is 12.5. The largest absolute Gasteiger partial charge is 0.312 e. The van der Waals surface area contributed by atoms with Crippen LogP contribution in [0.3, 0.4) is 0 Å². The topological polar surface area (TPSA) is 101 Å². The summed E-state index contributed by atoms with van der Waals surface area (Å²) in [5.41, 5.74) is 1.99. The lowest BCUT2D eigenvalue weighted by atomic mass is 10.1. The van der Waals surface area contributed by atoms with Crippen LogP contribution in [-0.4, -0.2) is 35.8 Å². The molecule has 3 aromatic rings. The van der Waals surface area contributed by atoms with Crippen molar-refractivity contribution in [2.45, 2.75) is 27.7 Å². The van der Waals surface area contributed by atoms with Gasteiger partial charge in [-0.1, -0.05) is 36.4 Å². The number of nitrogens with one attached hydrogen (secondary N) is 1. The minimum Gasteiger partial charge on any atom is -0.312 e. The quantitative estimate of drug-likeness (QED) is 0.548. The first-order chi connectivity index (χ1) is 15.2. The van der Waals surface area contributed by atoms with Crippen molar-refractivity contribution in [2.75, 3.05) is 18.0 Å². The number of hydrogen-bond acceptors (Lipinski definition) is 6. The van der Waals surface area contributed by atoms with Crippen molar-refractivity contribution in [3.8, 4) is 0 Å². The highest BCUT2D eigenvalue weighted by Gasteiger charge is 2.32. The molecule has 0 bridgehead atoms. The molecule has 0 fully saturated rings. The number of carbonyl (C=O) groups is 1. The molecule has 0 radical (unpaired) electrons. The fourth-order valence-corrected chi connectivity index (χ4v) is 7.85. The van der Waals surface area contributed by atoms with Gasteiger partial charge < -0.3 is 4.90 Å². The van der Waals surface area contributed by atoms with E-state index in [9.17, 15) is 21.6 Å². The number of sulfonamides is 1. The minimum absolute atomic E-state index is 0.0435. The minimum atomic E-state index is -3.97. The van der Waals surface area contributed by atoms with E-state index in [1.54, 1.807) is 58.8 Å². The molecule has 0 aliphatic carbocycles. The Morgan fingerprint density at radius 2 is 1.81 bits per heavy atom. The Kier molecular flexibility index (Phi) is 6.22. The summed E-state index contributed by atoms with van der Waals surface area (Å²) in [4.78, 5) is 13.4. The number of anilines is 1. The van der Waals surface area contributed by atoms with Crippen LogP contribution in [0.2, 0.25) is 0 Å². The van der Waals surface area contributed by atoms with E-state index in [-0.39, 0.29) is 21.6 Å². The lowest BCUT2D eigenvalue weighted by Crippen LogP contribution is -2.32. The molecule has 1 aromatic heterocycles. The summed E-state index contributed by atoms with van der Waals surface area (Å²) >= 11 is 1.10. The number of nitrogens with zero attached hydrogens (tertiary/aromatic N) is 1. The molecule has 0 saturated heterocycles. The maximum absolute atomic E-state index is 13.2. The van der Waals surface area contributed by atoms with Gasteiger partial charge in [0.2, 0.25) is 15.9 Å². The monoisotopic (exact) mass is 490 g/mol. The van der Waals surface area contributed by atoms with Crippen LogP contribution < -0.4 is 9.62 Å². The number of rotatable bonds is 7. The van der Waals surface area contributed by atoms with Gasteiger partial charge in [-0.25, -0.2) is 21.6 Å². The molecule has 7 nitrogen and oxygen atoms in total. The summed E-state index contributed by atoms with van der Waals surface area (Å²) in [5, 5.41) is 0.605. The van der Waals surface area contributed by atoms with Crippen LogP contribution >= 0.6 is 11.3 Å². The molecule has 1 aliphatic heterocycles. The second-order valence-electron chi connectivity index (χ2n) is 7.44. The van der Waals surface area contributed by atoms with Gasteiger partial charge in [-0.15, -0.1) is 11.3 Å². The maximum Gasteiger partial charge on any atom is 0.240 e. The van der Waals surface area contributed by atoms with E-state index >= 15 is 0 Å². The van der Waals surface area contributed by atoms with Crippen LogP contribution in [0.4, 0.5) is 5.69 Å². The van der Waals surface area contributed by atoms with Crippen molar-refractivity contribution in [3.05, 3.63) is 77.2 Å².